The van der Waals surface area contributed by atoms with Crippen LogP contribution in [0.5, 0.6) is 0 Å². The summed E-state index contributed by atoms with van der Waals surface area (Å²) in [5.74, 6) is -0.308. The maximum Gasteiger partial charge on any atom is 0.319 e. The molecule has 0 aromatic rings. The summed E-state index contributed by atoms with van der Waals surface area (Å²) in [6.45, 7) is 4.34. The zero-order valence-electron chi connectivity index (χ0n) is 11.6. The average Bonchev–Trinajstić information content (AvgIpc) is 2.80. The van der Waals surface area contributed by atoms with Crippen molar-refractivity contribution in [3.8, 4) is 0 Å². The number of carbonyl (C=O) groups is 2. The number of ether oxygens (including phenoxy) is 1. The number of hydrogen-bond acceptors (Lipinski definition) is 4. The highest BCUT2D eigenvalue weighted by atomic mass is 16.5. The molecule has 0 aromatic heterocycles. The van der Waals surface area contributed by atoms with E-state index in [1.165, 1.54) is 20.0 Å². The molecular weight excluding hydrogens is 232 g/mol. The van der Waals surface area contributed by atoms with Crippen molar-refractivity contribution in [3.05, 3.63) is 0 Å². The maximum atomic E-state index is 11.9. The fourth-order valence-electron chi connectivity index (χ4n) is 2.18. The number of hydrogen-bond donors (Lipinski definition) is 1. The van der Waals surface area contributed by atoms with E-state index in [4.69, 9.17) is 0 Å². The number of nitrogens with zero attached hydrogens (tertiary/aromatic N) is 1. The molecule has 1 amide bonds. The highest BCUT2D eigenvalue weighted by Crippen LogP contribution is 2.17. The van der Waals surface area contributed by atoms with Crippen LogP contribution >= 0.6 is 0 Å². The Labute approximate surface area is 109 Å². The number of amides is 1. The molecule has 0 atom stereocenters. The van der Waals surface area contributed by atoms with Crippen LogP contribution in [0.2, 0.25) is 0 Å². The molecule has 0 unspecified atom stereocenters. The summed E-state index contributed by atoms with van der Waals surface area (Å²) in [4.78, 5) is 25.0. The van der Waals surface area contributed by atoms with Gasteiger partial charge in [0.05, 0.1) is 20.2 Å². The number of esters is 1. The molecule has 18 heavy (non-hydrogen) atoms. The Balaban J connectivity index is 2.39. The Kier molecular flexibility index (Phi) is 6.12. The minimum atomic E-state index is -0.308. The highest BCUT2D eigenvalue weighted by molar-refractivity contribution is 5.79. The monoisotopic (exact) mass is 256 g/mol. The summed E-state index contributed by atoms with van der Waals surface area (Å²) in [5, 5.41) is 3.02. The van der Waals surface area contributed by atoms with Gasteiger partial charge in [0.1, 0.15) is 0 Å². The minimum absolute atomic E-state index is 0.000460. The van der Waals surface area contributed by atoms with Gasteiger partial charge in [-0.3, -0.25) is 14.5 Å². The van der Waals surface area contributed by atoms with Gasteiger partial charge in [0.15, 0.2) is 0 Å². The first kappa shape index (κ1) is 15.0. The molecule has 1 aliphatic rings. The van der Waals surface area contributed by atoms with Crippen molar-refractivity contribution >= 4 is 11.9 Å². The molecule has 1 aliphatic carbocycles. The van der Waals surface area contributed by atoms with E-state index in [0.29, 0.717) is 6.04 Å². The van der Waals surface area contributed by atoms with E-state index in [1.54, 1.807) is 0 Å². The minimum Gasteiger partial charge on any atom is -0.468 e. The first-order valence-electron chi connectivity index (χ1n) is 6.63. The Morgan fingerprint density at radius 3 is 2.39 bits per heavy atom. The Morgan fingerprint density at radius 2 is 1.89 bits per heavy atom. The molecule has 0 saturated heterocycles. The topological polar surface area (TPSA) is 58.6 Å². The van der Waals surface area contributed by atoms with Crippen LogP contribution in [0.25, 0.3) is 0 Å². The molecule has 104 valence electrons. The van der Waals surface area contributed by atoms with Crippen molar-refractivity contribution in [2.24, 2.45) is 0 Å². The van der Waals surface area contributed by atoms with Crippen LogP contribution in [0.1, 0.15) is 39.5 Å². The fraction of sp³-hybridized carbons (Fsp3) is 0.846. The maximum absolute atomic E-state index is 11.9. The third kappa shape index (κ3) is 5.04. The lowest BCUT2D eigenvalue weighted by Crippen LogP contribution is -2.45. The second-order valence-electron chi connectivity index (χ2n) is 5.12. The molecule has 5 nitrogen and oxygen atoms in total. The molecular formula is C13H24N2O3. The van der Waals surface area contributed by atoms with Gasteiger partial charge in [-0.15, -0.1) is 0 Å². The van der Waals surface area contributed by atoms with E-state index >= 15 is 0 Å². The molecule has 0 aliphatic heterocycles. The van der Waals surface area contributed by atoms with Gasteiger partial charge < -0.3 is 10.1 Å². The molecule has 0 heterocycles. The molecule has 0 bridgehead atoms. The lowest BCUT2D eigenvalue weighted by Gasteiger charge is -2.25. The zero-order chi connectivity index (χ0) is 13.5. The molecule has 1 saturated carbocycles. The number of carbonyl (C=O) groups excluding carboxylic acids is 2. The van der Waals surface area contributed by atoms with Crippen LogP contribution in [0.15, 0.2) is 0 Å². The fourth-order valence-corrected chi connectivity index (χ4v) is 2.18. The Hall–Kier alpha value is -1.10. The van der Waals surface area contributed by atoms with Crippen LogP contribution in [0.4, 0.5) is 0 Å². The molecule has 0 spiro atoms. The third-order valence-corrected chi connectivity index (χ3v) is 3.36. The van der Waals surface area contributed by atoms with Crippen molar-refractivity contribution in [2.75, 3.05) is 20.2 Å². The molecule has 0 radical (unpaired) electrons. The van der Waals surface area contributed by atoms with Crippen molar-refractivity contribution in [1.82, 2.24) is 10.2 Å². The van der Waals surface area contributed by atoms with E-state index in [1.807, 2.05) is 18.7 Å². The number of rotatable bonds is 6. The van der Waals surface area contributed by atoms with Crippen molar-refractivity contribution in [2.45, 2.75) is 51.6 Å². The third-order valence-electron chi connectivity index (χ3n) is 3.36. The Morgan fingerprint density at radius 1 is 1.28 bits per heavy atom. The lowest BCUT2D eigenvalue weighted by atomic mass is 10.2. The molecule has 5 heteroatoms. The van der Waals surface area contributed by atoms with Gasteiger partial charge in [-0.2, -0.15) is 0 Å². The second-order valence-corrected chi connectivity index (χ2v) is 5.12. The normalized spacial score (nSPS) is 16.3. The van der Waals surface area contributed by atoms with Gasteiger partial charge in [-0.25, -0.2) is 0 Å². The summed E-state index contributed by atoms with van der Waals surface area (Å²) in [7, 11) is 1.36. The van der Waals surface area contributed by atoms with E-state index in [9.17, 15) is 9.59 Å². The van der Waals surface area contributed by atoms with Crippen LogP contribution < -0.4 is 5.32 Å². The van der Waals surface area contributed by atoms with E-state index in [2.05, 4.69) is 10.1 Å². The zero-order valence-corrected chi connectivity index (χ0v) is 11.6. The van der Waals surface area contributed by atoms with Gasteiger partial charge >= 0.3 is 5.97 Å². The van der Waals surface area contributed by atoms with Gasteiger partial charge in [-0.05, 0) is 26.7 Å². The van der Waals surface area contributed by atoms with E-state index < -0.39 is 0 Å². The summed E-state index contributed by atoms with van der Waals surface area (Å²) >= 11 is 0. The predicted octanol–water partition coefficient (Wildman–Crippen LogP) is 0.929. The van der Waals surface area contributed by atoms with Crippen LogP contribution in [-0.4, -0.2) is 49.1 Å². The summed E-state index contributed by atoms with van der Waals surface area (Å²) in [6, 6.07) is 0.461. The van der Waals surface area contributed by atoms with E-state index in [-0.39, 0.29) is 31.0 Å². The van der Waals surface area contributed by atoms with Gasteiger partial charge in [-0.1, -0.05) is 12.8 Å². The van der Waals surface area contributed by atoms with Crippen LogP contribution in [0, 0.1) is 0 Å². The summed E-state index contributed by atoms with van der Waals surface area (Å²) < 4.78 is 4.63. The van der Waals surface area contributed by atoms with E-state index in [0.717, 1.165) is 12.8 Å². The van der Waals surface area contributed by atoms with Crippen molar-refractivity contribution < 1.29 is 14.3 Å². The molecule has 1 N–H and O–H groups in total. The largest absolute Gasteiger partial charge is 0.468 e. The lowest BCUT2D eigenvalue weighted by molar-refractivity contribution is -0.142. The average molecular weight is 256 g/mol. The Bertz CT molecular complexity index is 286. The quantitative estimate of drug-likeness (QED) is 0.718. The second kappa shape index (κ2) is 7.36. The molecule has 1 rings (SSSR count). The molecule has 1 fully saturated rings. The first-order chi connectivity index (χ1) is 8.52. The molecule has 0 aromatic carbocycles. The first-order valence-corrected chi connectivity index (χ1v) is 6.63. The van der Waals surface area contributed by atoms with Crippen molar-refractivity contribution in [1.29, 1.82) is 0 Å². The van der Waals surface area contributed by atoms with Crippen molar-refractivity contribution in [3.63, 3.8) is 0 Å². The van der Waals surface area contributed by atoms with Gasteiger partial charge in [0.25, 0.3) is 0 Å². The summed E-state index contributed by atoms with van der Waals surface area (Å²) in [6.07, 6.45) is 4.54. The van der Waals surface area contributed by atoms with Crippen LogP contribution in [-0.2, 0) is 14.3 Å². The van der Waals surface area contributed by atoms with Crippen LogP contribution in [0.3, 0.4) is 0 Å². The highest BCUT2D eigenvalue weighted by Gasteiger charge is 2.21. The number of methoxy groups -OCH3 is 1. The smallest absolute Gasteiger partial charge is 0.319 e. The standard InChI is InChI=1S/C13H24N2O3/c1-10(2)15(9-13(17)18-3)8-12(16)14-11-6-4-5-7-11/h10-11H,4-9H2,1-3H3,(H,14,16). The SMILES string of the molecule is COC(=O)CN(CC(=O)NC1CCCC1)C(C)C. The van der Waals surface area contributed by atoms with Gasteiger partial charge in [0, 0.05) is 12.1 Å². The number of nitrogens with one attached hydrogen (secondary N) is 1. The predicted molar refractivity (Wildman–Crippen MR) is 69.1 cm³/mol. The summed E-state index contributed by atoms with van der Waals surface area (Å²) in [5.41, 5.74) is 0. The van der Waals surface area contributed by atoms with Gasteiger partial charge in [0.2, 0.25) is 5.91 Å².